The molecule has 3 heteroatoms. The number of aryl methyl sites for hydroxylation is 4. The molecule has 100 valence electrons. The highest BCUT2D eigenvalue weighted by atomic mass is 32.2. The fourth-order valence-electron chi connectivity index (χ4n) is 2.27. The van der Waals surface area contributed by atoms with Gasteiger partial charge in [0.05, 0.1) is 0 Å². The average Bonchev–Trinajstić information content (AvgIpc) is 2.36. The van der Waals surface area contributed by atoms with Crippen molar-refractivity contribution in [2.75, 3.05) is 0 Å². The molecule has 0 bridgehead atoms. The molecule has 0 radical (unpaired) electrons. The van der Waals surface area contributed by atoms with Crippen molar-refractivity contribution in [3.05, 3.63) is 64.7 Å². The Morgan fingerprint density at radius 1 is 0.895 bits per heavy atom. The third-order valence-electron chi connectivity index (χ3n) is 3.10. The third-order valence-corrected chi connectivity index (χ3v) is 3.76. The van der Waals surface area contributed by atoms with E-state index in [9.17, 15) is 8.76 Å². The van der Waals surface area contributed by atoms with E-state index in [0.29, 0.717) is 4.90 Å². The van der Waals surface area contributed by atoms with E-state index in [-0.39, 0.29) is 0 Å². The topological polar surface area (TPSA) is 40.1 Å². The summed E-state index contributed by atoms with van der Waals surface area (Å²) in [4.78, 5) is 0.343. The van der Waals surface area contributed by atoms with E-state index < -0.39 is 11.1 Å². The summed E-state index contributed by atoms with van der Waals surface area (Å²) >= 11 is -2.13. The smallest absolute Gasteiger partial charge is 0.0248 e. The monoisotopic (exact) mass is 273 g/mol. The molecule has 0 fully saturated rings. The van der Waals surface area contributed by atoms with Crippen LogP contribution in [0.2, 0.25) is 0 Å². The molecule has 19 heavy (non-hydrogen) atoms. The molecule has 0 aromatic heterocycles. The van der Waals surface area contributed by atoms with Crippen molar-refractivity contribution in [1.82, 2.24) is 0 Å². The first-order valence-corrected chi connectivity index (χ1v) is 7.37. The van der Waals surface area contributed by atoms with Gasteiger partial charge in [0.15, 0.2) is 0 Å². The zero-order valence-electron chi connectivity index (χ0n) is 11.2. The standard InChI is InChI=1S/C16H18O2S/c1-12-9-13(2)11-15(10-12)4-3-14-5-7-16(8-6-14)19(17)18/h5-11H,3-4H2,1-2H3,(H,17,18)/p-1. The predicted molar refractivity (Wildman–Crippen MR) is 77.0 cm³/mol. The largest absolute Gasteiger partial charge is 0.768 e. The summed E-state index contributed by atoms with van der Waals surface area (Å²) in [6.07, 6.45) is 1.90. The van der Waals surface area contributed by atoms with E-state index >= 15 is 0 Å². The summed E-state index contributed by atoms with van der Waals surface area (Å²) in [5.74, 6) is 0. The fraction of sp³-hybridized carbons (Fsp3) is 0.250. The molecule has 0 spiro atoms. The van der Waals surface area contributed by atoms with Crippen LogP contribution in [0.1, 0.15) is 22.3 Å². The molecule has 0 aliphatic rings. The van der Waals surface area contributed by atoms with Gasteiger partial charge in [-0.05, 0) is 61.0 Å². The van der Waals surface area contributed by atoms with Crippen LogP contribution < -0.4 is 0 Å². The van der Waals surface area contributed by atoms with Crippen molar-refractivity contribution in [1.29, 1.82) is 0 Å². The summed E-state index contributed by atoms with van der Waals surface area (Å²) in [6.45, 7) is 4.21. The molecule has 2 aromatic carbocycles. The van der Waals surface area contributed by atoms with Gasteiger partial charge in [0.1, 0.15) is 0 Å². The minimum Gasteiger partial charge on any atom is -0.768 e. The van der Waals surface area contributed by atoms with Crippen LogP contribution in [-0.2, 0) is 23.9 Å². The van der Waals surface area contributed by atoms with Gasteiger partial charge in [-0.3, -0.25) is 4.21 Å². The van der Waals surface area contributed by atoms with Crippen molar-refractivity contribution >= 4 is 11.1 Å². The lowest BCUT2D eigenvalue weighted by atomic mass is 10.0. The molecule has 2 nitrogen and oxygen atoms in total. The molecule has 0 aliphatic heterocycles. The second-order valence-corrected chi connectivity index (χ2v) is 5.82. The Kier molecular flexibility index (Phi) is 4.51. The first-order chi connectivity index (χ1) is 9.04. The average molecular weight is 273 g/mol. The quantitative estimate of drug-likeness (QED) is 0.802. The van der Waals surface area contributed by atoms with Gasteiger partial charge in [-0.2, -0.15) is 0 Å². The maximum atomic E-state index is 10.8. The Hall–Kier alpha value is -1.45. The molecule has 0 saturated heterocycles. The van der Waals surface area contributed by atoms with Gasteiger partial charge in [-0.25, -0.2) is 0 Å². The second-order valence-electron chi connectivity index (χ2n) is 4.87. The van der Waals surface area contributed by atoms with Crippen molar-refractivity contribution in [3.63, 3.8) is 0 Å². The summed E-state index contributed by atoms with van der Waals surface area (Å²) < 4.78 is 21.5. The Morgan fingerprint density at radius 3 is 1.95 bits per heavy atom. The highest BCUT2D eigenvalue weighted by Crippen LogP contribution is 2.13. The van der Waals surface area contributed by atoms with Crippen molar-refractivity contribution in [2.24, 2.45) is 0 Å². The van der Waals surface area contributed by atoms with E-state index in [2.05, 4.69) is 32.0 Å². The van der Waals surface area contributed by atoms with Gasteiger partial charge < -0.3 is 4.55 Å². The summed E-state index contributed by atoms with van der Waals surface area (Å²) in [7, 11) is 0. The third kappa shape index (κ3) is 4.01. The van der Waals surface area contributed by atoms with Gasteiger partial charge in [-0.1, -0.05) is 41.5 Å². The summed E-state index contributed by atoms with van der Waals surface area (Å²) in [6, 6.07) is 13.6. The van der Waals surface area contributed by atoms with Gasteiger partial charge in [-0.15, -0.1) is 0 Å². The van der Waals surface area contributed by atoms with E-state index in [1.54, 1.807) is 12.1 Å². The highest BCUT2D eigenvalue weighted by Gasteiger charge is 1.99. The minimum absolute atomic E-state index is 0.343. The number of hydrogen-bond donors (Lipinski definition) is 0. The zero-order chi connectivity index (χ0) is 13.8. The first-order valence-electron chi connectivity index (χ1n) is 6.30. The molecule has 0 amide bonds. The molecule has 0 aliphatic carbocycles. The van der Waals surface area contributed by atoms with Gasteiger partial charge in [0, 0.05) is 4.90 Å². The van der Waals surface area contributed by atoms with Gasteiger partial charge in [0.2, 0.25) is 0 Å². The normalized spacial score (nSPS) is 12.4. The molecule has 0 saturated carbocycles. The molecule has 2 rings (SSSR count). The van der Waals surface area contributed by atoms with Gasteiger partial charge in [0.25, 0.3) is 0 Å². The summed E-state index contributed by atoms with van der Waals surface area (Å²) in [5.41, 5.74) is 5.06. The second kappa shape index (κ2) is 6.13. The van der Waals surface area contributed by atoms with Gasteiger partial charge >= 0.3 is 0 Å². The zero-order valence-corrected chi connectivity index (χ0v) is 12.0. The van der Waals surface area contributed by atoms with Crippen LogP contribution in [-0.4, -0.2) is 8.76 Å². The Labute approximate surface area is 116 Å². The maximum absolute atomic E-state index is 10.8. The van der Waals surface area contributed by atoms with Crippen LogP contribution in [0.15, 0.2) is 47.4 Å². The lowest BCUT2D eigenvalue weighted by molar-refractivity contribution is 0.537. The molecular formula is C16H17O2S-. The van der Waals surface area contributed by atoms with Crippen LogP contribution in [0.25, 0.3) is 0 Å². The van der Waals surface area contributed by atoms with E-state index in [0.717, 1.165) is 18.4 Å². The van der Waals surface area contributed by atoms with Crippen LogP contribution >= 0.6 is 0 Å². The molecule has 1 unspecified atom stereocenters. The van der Waals surface area contributed by atoms with E-state index in [4.69, 9.17) is 0 Å². The molecular weight excluding hydrogens is 256 g/mol. The first kappa shape index (κ1) is 14.0. The molecule has 0 heterocycles. The van der Waals surface area contributed by atoms with Crippen molar-refractivity contribution < 1.29 is 8.76 Å². The van der Waals surface area contributed by atoms with E-state index in [1.165, 1.54) is 16.7 Å². The molecule has 2 aromatic rings. The van der Waals surface area contributed by atoms with Crippen LogP contribution in [0.5, 0.6) is 0 Å². The number of rotatable bonds is 4. The number of hydrogen-bond acceptors (Lipinski definition) is 2. The molecule has 1 atom stereocenters. The lowest BCUT2D eigenvalue weighted by Crippen LogP contribution is -1.94. The Bertz CT molecular complexity index is 568. The SMILES string of the molecule is Cc1cc(C)cc(CCc2ccc(S(=O)[O-])cc2)c1. The van der Waals surface area contributed by atoms with E-state index in [1.807, 2.05) is 12.1 Å². The molecule has 0 N–H and O–H groups in total. The lowest BCUT2D eigenvalue weighted by Gasteiger charge is -2.07. The predicted octanol–water partition coefficient (Wildman–Crippen LogP) is 3.33. The van der Waals surface area contributed by atoms with Crippen LogP contribution in [0.3, 0.4) is 0 Å². The van der Waals surface area contributed by atoms with Crippen LogP contribution in [0, 0.1) is 13.8 Å². The minimum atomic E-state index is -2.13. The van der Waals surface area contributed by atoms with Crippen LogP contribution in [0.4, 0.5) is 0 Å². The van der Waals surface area contributed by atoms with Crippen molar-refractivity contribution in [3.8, 4) is 0 Å². The Morgan fingerprint density at radius 2 is 1.42 bits per heavy atom. The Balaban J connectivity index is 2.03. The maximum Gasteiger partial charge on any atom is 0.0248 e. The fourth-order valence-corrected chi connectivity index (χ4v) is 2.63. The highest BCUT2D eigenvalue weighted by molar-refractivity contribution is 7.79. The van der Waals surface area contributed by atoms with Crippen molar-refractivity contribution in [2.45, 2.75) is 31.6 Å². The summed E-state index contributed by atoms with van der Waals surface area (Å²) in [5, 5.41) is 0. The number of benzene rings is 2.